The Morgan fingerprint density at radius 2 is 2.00 bits per heavy atom. The summed E-state index contributed by atoms with van der Waals surface area (Å²) in [5.41, 5.74) is 1.98. The minimum Gasteiger partial charge on any atom is -0.490 e. The molecular weight excluding hydrogens is 276 g/mol. The molecule has 0 radical (unpaired) electrons. The first-order valence-electron chi connectivity index (χ1n) is 6.55. The highest BCUT2D eigenvalue weighted by Crippen LogP contribution is 2.32. The quantitative estimate of drug-likeness (QED) is 0.939. The van der Waals surface area contributed by atoms with Crippen LogP contribution in [0.3, 0.4) is 0 Å². The molecule has 1 aliphatic rings. The molecule has 1 aromatic carbocycles. The lowest BCUT2D eigenvalue weighted by Gasteiger charge is -2.11. The van der Waals surface area contributed by atoms with E-state index in [-0.39, 0.29) is 0 Å². The van der Waals surface area contributed by atoms with Crippen molar-refractivity contribution in [3.05, 3.63) is 47.2 Å². The third-order valence-corrected chi connectivity index (χ3v) is 3.43. The van der Waals surface area contributed by atoms with Gasteiger partial charge in [0.2, 0.25) is 0 Å². The predicted octanol–water partition coefficient (Wildman–Crippen LogP) is 3.51. The van der Waals surface area contributed by atoms with E-state index < -0.39 is 0 Å². The molecule has 0 saturated heterocycles. The van der Waals surface area contributed by atoms with Crippen LogP contribution < -0.4 is 14.8 Å². The minimum absolute atomic E-state index is 0.640. The molecule has 20 heavy (non-hydrogen) atoms. The summed E-state index contributed by atoms with van der Waals surface area (Å²) in [6.45, 7) is 2.03. The first-order chi connectivity index (χ1) is 9.83. The first kappa shape index (κ1) is 13.1. The highest BCUT2D eigenvalue weighted by Gasteiger charge is 2.10. The monoisotopic (exact) mass is 290 g/mol. The number of hydrogen-bond donors (Lipinski definition) is 1. The molecule has 0 fully saturated rings. The first-order valence-corrected chi connectivity index (χ1v) is 6.92. The molecule has 3 rings (SSSR count). The molecule has 5 heteroatoms. The van der Waals surface area contributed by atoms with Gasteiger partial charge in [-0.2, -0.15) is 0 Å². The smallest absolute Gasteiger partial charge is 0.163 e. The van der Waals surface area contributed by atoms with Gasteiger partial charge in [0.1, 0.15) is 0 Å². The summed E-state index contributed by atoms with van der Waals surface area (Å²) >= 11 is 6.08. The van der Waals surface area contributed by atoms with Crippen molar-refractivity contribution in [3.8, 4) is 11.5 Å². The number of aromatic nitrogens is 1. The Balaban J connectivity index is 1.72. The Labute approximate surface area is 122 Å². The maximum absolute atomic E-state index is 6.08. The highest BCUT2D eigenvalue weighted by molar-refractivity contribution is 6.31. The molecule has 104 valence electrons. The number of fused-ring (bicyclic) bond motifs is 1. The third-order valence-electron chi connectivity index (χ3n) is 3.09. The number of anilines is 1. The number of nitrogens with one attached hydrogen (secondary N) is 1. The van der Waals surface area contributed by atoms with Crippen LogP contribution >= 0.6 is 11.6 Å². The Hall–Kier alpha value is -1.94. The molecule has 2 aromatic rings. The van der Waals surface area contributed by atoms with Crippen LogP contribution in [-0.2, 0) is 6.54 Å². The zero-order valence-corrected chi connectivity index (χ0v) is 11.7. The second-order valence-corrected chi connectivity index (χ2v) is 4.94. The fourth-order valence-corrected chi connectivity index (χ4v) is 2.20. The molecule has 1 N–H and O–H groups in total. The van der Waals surface area contributed by atoms with Gasteiger partial charge in [-0.05, 0) is 23.8 Å². The van der Waals surface area contributed by atoms with Gasteiger partial charge < -0.3 is 14.8 Å². The summed E-state index contributed by atoms with van der Waals surface area (Å²) in [6, 6.07) is 7.76. The average molecular weight is 291 g/mol. The summed E-state index contributed by atoms with van der Waals surface area (Å²) < 4.78 is 11.3. The van der Waals surface area contributed by atoms with Gasteiger partial charge in [0.25, 0.3) is 0 Å². The van der Waals surface area contributed by atoms with E-state index in [0.29, 0.717) is 24.8 Å². The van der Waals surface area contributed by atoms with Crippen LogP contribution in [0.5, 0.6) is 11.5 Å². The minimum atomic E-state index is 0.640. The summed E-state index contributed by atoms with van der Waals surface area (Å²) in [7, 11) is 0. The lowest BCUT2D eigenvalue weighted by molar-refractivity contribution is 0.297. The Morgan fingerprint density at radius 1 is 1.15 bits per heavy atom. The molecule has 1 aliphatic heterocycles. The van der Waals surface area contributed by atoms with E-state index in [1.54, 1.807) is 12.4 Å². The third kappa shape index (κ3) is 2.96. The van der Waals surface area contributed by atoms with E-state index >= 15 is 0 Å². The van der Waals surface area contributed by atoms with E-state index in [2.05, 4.69) is 10.3 Å². The summed E-state index contributed by atoms with van der Waals surface area (Å²) in [5, 5.41) is 3.99. The molecule has 0 amide bonds. The van der Waals surface area contributed by atoms with Crippen molar-refractivity contribution in [2.45, 2.75) is 13.0 Å². The van der Waals surface area contributed by atoms with Crippen LogP contribution in [0.4, 0.5) is 5.69 Å². The van der Waals surface area contributed by atoms with Gasteiger partial charge in [-0.3, -0.25) is 4.98 Å². The maximum Gasteiger partial charge on any atom is 0.163 e. The Kier molecular flexibility index (Phi) is 3.92. The van der Waals surface area contributed by atoms with Crippen LogP contribution in [-0.4, -0.2) is 18.2 Å². The van der Waals surface area contributed by atoms with Crippen molar-refractivity contribution in [2.24, 2.45) is 0 Å². The van der Waals surface area contributed by atoms with Gasteiger partial charge in [-0.25, -0.2) is 0 Å². The molecule has 0 atom stereocenters. The van der Waals surface area contributed by atoms with Crippen molar-refractivity contribution >= 4 is 17.3 Å². The van der Waals surface area contributed by atoms with Crippen molar-refractivity contribution in [1.29, 1.82) is 0 Å². The standard InChI is InChI=1S/C15H15ClN2O2/c16-13-10-17-5-4-11(13)9-18-12-2-3-14-15(8-12)20-7-1-6-19-14/h2-5,8,10,18H,1,6-7,9H2. The molecule has 0 saturated carbocycles. The van der Waals surface area contributed by atoms with Crippen molar-refractivity contribution in [3.63, 3.8) is 0 Å². The molecule has 1 aromatic heterocycles. The topological polar surface area (TPSA) is 43.4 Å². The lowest BCUT2D eigenvalue weighted by Crippen LogP contribution is -2.01. The Bertz CT molecular complexity index is 604. The van der Waals surface area contributed by atoms with Gasteiger partial charge in [0.05, 0.1) is 18.2 Å². The van der Waals surface area contributed by atoms with Crippen LogP contribution in [0.15, 0.2) is 36.7 Å². The fraction of sp³-hybridized carbons (Fsp3) is 0.267. The van der Waals surface area contributed by atoms with Crippen LogP contribution in [0.1, 0.15) is 12.0 Å². The highest BCUT2D eigenvalue weighted by atomic mass is 35.5. The maximum atomic E-state index is 6.08. The zero-order valence-electron chi connectivity index (χ0n) is 10.9. The van der Waals surface area contributed by atoms with Crippen LogP contribution in [0, 0.1) is 0 Å². The second kappa shape index (κ2) is 6.01. The summed E-state index contributed by atoms with van der Waals surface area (Å²) in [4.78, 5) is 3.97. The summed E-state index contributed by atoms with van der Waals surface area (Å²) in [5.74, 6) is 1.59. The van der Waals surface area contributed by atoms with E-state index in [0.717, 1.165) is 29.2 Å². The number of ether oxygens (including phenoxy) is 2. The number of nitrogens with zero attached hydrogens (tertiary/aromatic N) is 1. The zero-order chi connectivity index (χ0) is 13.8. The van der Waals surface area contributed by atoms with Gasteiger partial charge in [0, 0.05) is 37.1 Å². The molecule has 0 unspecified atom stereocenters. The normalized spacial score (nSPS) is 13.7. The molecule has 0 spiro atoms. The Morgan fingerprint density at radius 3 is 2.85 bits per heavy atom. The average Bonchev–Trinajstić information content (AvgIpc) is 2.71. The fourth-order valence-electron chi connectivity index (χ4n) is 2.02. The van der Waals surface area contributed by atoms with Crippen LogP contribution in [0.2, 0.25) is 5.02 Å². The molecule has 0 bridgehead atoms. The largest absolute Gasteiger partial charge is 0.490 e. The van der Waals surface area contributed by atoms with Gasteiger partial charge in [0.15, 0.2) is 11.5 Å². The van der Waals surface area contributed by atoms with Crippen molar-refractivity contribution < 1.29 is 9.47 Å². The predicted molar refractivity (Wildman–Crippen MR) is 78.6 cm³/mol. The van der Waals surface area contributed by atoms with E-state index in [1.807, 2.05) is 24.3 Å². The van der Waals surface area contributed by atoms with Gasteiger partial charge in [-0.1, -0.05) is 11.6 Å². The number of pyridine rings is 1. The number of hydrogen-bond acceptors (Lipinski definition) is 4. The second-order valence-electron chi connectivity index (χ2n) is 4.53. The van der Waals surface area contributed by atoms with E-state index in [9.17, 15) is 0 Å². The van der Waals surface area contributed by atoms with E-state index in [4.69, 9.17) is 21.1 Å². The number of benzene rings is 1. The van der Waals surface area contributed by atoms with Crippen molar-refractivity contribution in [2.75, 3.05) is 18.5 Å². The van der Waals surface area contributed by atoms with Crippen LogP contribution in [0.25, 0.3) is 0 Å². The summed E-state index contributed by atoms with van der Waals surface area (Å²) in [6.07, 6.45) is 4.29. The van der Waals surface area contributed by atoms with Gasteiger partial charge in [-0.15, -0.1) is 0 Å². The van der Waals surface area contributed by atoms with E-state index in [1.165, 1.54) is 0 Å². The number of halogens is 1. The molecule has 0 aliphatic carbocycles. The van der Waals surface area contributed by atoms with Gasteiger partial charge >= 0.3 is 0 Å². The molecular formula is C15H15ClN2O2. The lowest BCUT2D eigenvalue weighted by atomic mass is 10.2. The molecule has 4 nitrogen and oxygen atoms in total. The SMILES string of the molecule is Clc1cnccc1CNc1ccc2c(c1)OCCCO2. The number of rotatable bonds is 3. The van der Waals surface area contributed by atoms with Crippen molar-refractivity contribution in [1.82, 2.24) is 4.98 Å². The molecule has 2 heterocycles.